The Labute approximate surface area is 126 Å². The zero-order valence-corrected chi connectivity index (χ0v) is 12.9. The number of carbonyl (C=O) groups is 1. The second-order valence-corrected chi connectivity index (χ2v) is 6.05. The SMILES string of the molecule is CCNc1ccnc(C(=O)N2CCC3CCC(C2)N3C)c1. The summed E-state index contributed by atoms with van der Waals surface area (Å²) in [6, 6.07) is 4.92. The van der Waals surface area contributed by atoms with Crippen molar-refractivity contribution in [1.82, 2.24) is 14.8 Å². The Bertz CT molecular complexity index is 519. The predicted molar refractivity (Wildman–Crippen MR) is 83.5 cm³/mol. The molecule has 0 aromatic carbocycles. The number of fused-ring (bicyclic) bond motifs is 2. The number of nitrogens with zero attached hydrogens (tertiary/aromatic N) is 3. The lowest BCUT2D eigenvalue weighted by molar-refractivity contribution is 0.0734. The highest BCUT2D eigenvalue weighted by Gasteiger charge is 2.36. The van der Waals surface area contributed by atoms with Crippen LogP contribution < -0.4 is 5.32 Å². The van der Waals surface area contributed by atoms with Gasteiger partial charge in [-0.2, -0.15) is 0 Å². The molecule has 21 heavy (non-hydrogen) atoms. The van der Waals surface area contributed by atoms with E-state index in [1.165, 1.54) is 12.8 Å². The summed E-state index contributed by atoms with van der Waals surface area (Å²) in [7, 11) is 2.19. The predicted octanol–water partition coefficient (Wildman–Crippen LogP) is 1.82. The fourth-order valence-corrected chi connectivity index (χ4v) is 3.52. The van der Waals surface area contributed by atoms with Crippen molar-refractivity contribution in [3.63, 3.8) is 0 Å². The normalized spacial score (nSPS) is 25.7. The largest absolute Gasteiger partial charge is 0.385 e. The highest BCUT2D eigenvalue weighted by molar-refractivity contribution is 5.93. The topological polar surface area (TPSA) is 48.5 Å². The number of pyridine rings is 1. The quantitative estimate of drug-likeness (QED) is 0.922. The van der Waals surface area contributed by atoms with Gasteiger partial charge in [-0.3, -0.25) is 14.7 Å². The number of likely N-dealkylation sites (tertiary alicyclic amines) is 1. The summed E-state index contributed by atoms with van der Waals surface area (Å²) in [6.07, 6.45) is 5.26. The fourth-order valence-electron chi connectivity index (χ4n) is 3.52. The molecule has 2 unspecified atom stereocenters. The molecule has 2 fully saturated rings. The molecular formula is C16H24N4O. The standard InChI is InChI=1S/C16H24N4O/c1-3-17-12-6-8-18-15(10-12)16(21)20-9-7-13-4-5-14(11-20)19(13)2/h6,8,10,13-14H,3-5,7,9,11H2,1-2H3,(H,17,18). The number of aromatic nitrogens is 1. The molecule has 2 aliphatic heterocycles. The van der Waals surface area contributed by atoms with Crippen LogP contribution in [0.25, 0.3) is 0 Å². The van der Waals surface area contributed by atoms with Crippen LogP contribution in [0.3, 0.4) is 0 Å². The molecule has 1 N–H and O–H groups in total. The maximum Gasteiger partial charge on any atom is 0.272 e. The molecule has 0 radical (unpaired) electrons. The highest BCUT2D eigenvalue weighted by Crippen LogP contribution is 2.29. The summed E-state index contributed by atoms with van der Waals surface area (Å²) in [5.41, 5.74) is 1.51. The van der Waals surface area contributed by atoms with Crippen LogP contribution in [-0.4, -0.2) is 59.5 Å². The lowest BCUT2D eigenvalue weighted by Crippen LogP contribution is -2.40. The minimum atomic E-state index is 0.0655. The van der Waals surface area contributed by atoms with Gasteiger partial charge in [-0.25, -0.2) is 0 Å². The summed E-state index contributed by atoms with van der Waals surface area (Å²) >= 11 is 0. The zero-order valence-electron chi connectivity index (χ0n) is 12.9. The minimum Gasteiger partial charge on any atom is -0.385 e. The number of amides is 1. The molecule has 114 valence electrons. The van der Waals surface area contributed by atoms with E-state index in [4.69, 9.17) is 0 Å². The van der Waals surface area contributed by atoms with E-state index in [1.54, 1.807) is 6.20 Å². The first-order valence-corrected chi connectivity index (χ1v) is 7.90. The maximum absolute atomic E-state index is 12.7. The van der Waals surface area contributed by atoms with Crippen LogP contribution in [0.1, 0.15) is 36.7 Å². The van der Waals surface area contributed by atoms with Crippen molar-refractivity contribution in [1.29, 1.82) is 0 Å². The van der Waals surface area contributed by atoms with Crippen LogP contribution in [0.4, 0.5) is 5.69 Å². The number of rotatable bonds is 3. The van der Waals surface area contributed by atoms with Crippen molar-refractivity contribution >= 4 is 11.6 Å². The molecule has 0 spiro atoms. The van der Waals surface area contributed by atoms with Crippen LogP contribution in [0.5, 0.6) is 0 Å². The monoisotopic (exact) mass is 288 g/mol. The summed E-state index contributed by atoms with van der Waals surface area (Å²) in [5, 5.41) is 3.23. The maximum atomic E-state index is 12.7. The van der Waals surface area contributed by atoms with Crippen molar-refractivity contribution < 1.29 is 4.79 Å². The second-order valence-electron chi connectivity index (χ2n) is 6.05. The first-order chi connectivity index (χ1) is 10.2. The molecule has 2 aliphatic rings. The van der Waals surface area contributed by atoms with E-state index in [-0.39, 0.29) is 5.91 Å². The van der Waals surface area contributed by atoms with Crippen molar-refractivity contribution in [2.75, 3.05) is 32.0 Å². The van der Waals surface area contributed by atoms with Gasteiger partial charge in [0.2, 0.25) is 0 Å². The van der Waals surface area contributed by atoms with Crippen molar-refractivity contribution in [2.45, 2.75) is 38.3 Å². The molecule has 0 saturated carbocycles. The number of anilines is 1. The molecule has 0 aliphatic carbocycles. The summed E-state index contributed by atoms with van der Waals surface area (Å²) in [5.74, 6) is 0.0655. The Balaban J connectivity index is 1.74. The Morgan fingerprint density at radius 3 is 3.00 bits per heavy atom. The molecule has 3 rings (SSSR count). The molecule has 2 atom stereocenters. The van der Waals surface area contributed by atoms with Gasteiger partial charge in [-0.1, -0.05) is 0 Å². The molecule has 5 heteroatoms. The molecule has 5 nitrogen and oxygen atoms in total. The van der Waals surface area contributed by atoms with E-state index in [0.717, 1.165) is 31.7 Å². The van der Waals surface area contributed by atoms with Crippen molar-refractivity contribution in [3.8, 4) is 0 Å². The van der Waals surface area contributed by atoms with Crippen LogP contribution in [0, 0.1) is 0 Å². The minimum absolute atomic E-state index is 0.0655. The lowest BCUT2D eigenvalue weighted by atomic mass is 10.1. The first kappa shape index (κ1) is 14.3. The van der Waals surface area contributed by atoms with Gasteiger partial charge in [0, 0.05) is 43.6 Å². The van der Waals surface area contributed by atoms with Gasteiger partial charge in [0.25, 0.3) is 5.91 Å². The summed E-state index contributed by atoms with van der Waals surface area (Å²) in [4.78, 5) is 21.4. The Morgan fingerprint density at radius 2 is 2.19 bits per heavy atom. The van der Waals surface area contributed by atoms with Crippen LogP contribution in [-0.2, 0) is 0 Å². The van der Waals surface area contributed by atoms with E-state index in [2.05, 4.69) is 22.2 Å². The van der Waals surface area contributed by atoms with E-state index in [0.29, 0.717) is 17.8 Å². The van der Waals surface area contributed by atoms with E-state index >= 15 is 0 Å². The number of carbonyl (C=O) groups excluding carboxylic acids is 1. The summed E-state index contributed by atoms with van der Waals surface area (Å²) < 4.78 is 0. The fraction of sp³-hybridized carbons (Fsp3) is 0.625. The number of likely N-dealkylation sites (N-methyl/N-ethyl adjacent to an activating group) is 1. The Morgan fingerprint density at radius 1 is 1.38 bits per heavy atom. The highest BCUT2D eigenvalue weighted by atomic mass is 16.2. The molecule has 3 heterocycles. The average molecular weight is 288 g/mol. The third kappa shape index (κ3) is 2.88. The van der Waals surface area contributed by atoms with E-state index < -0.39 is 0 Å². The number of hydrogen-bond acceptors (Lipinski definition) is 4. The molecule has 1 aromatic heterocycles. The second kappa shape index (κ2) is 6.02. The molecule has 2 saturated heterocycles. The Hall–Kier alpha value is -1.62. The van der Waals surface area contributed by atoms with Gasteiger partial charge in [-0.15, -0.1) is 0 Å². The van der Waals surface area contributed by atoms with Gasteiger partial charge >= 0.3 is 0 Å². The third-order valence-electron chi connectivity index (χ3n) is 4.80. The smallest absolute Gasteiger partial charge is 0.272 e. The van der Waals surface area contributed by atoms with Gasteiger partial charge < -0.3 is 10.2 Å². The van der Waals surface area contributed by atoms with Crippen molar-refractivity contribution in [2.24, 2.45) is 0 Å². The van der Waals surface area contributed by atoms with E-state index in [9.17, 15) is 4.79 Å². The lowest BCUT2D eigenvalue weighted by Gasteiger charge is -2.25. The number of nitrogens with one attached hydrogen (secondary N) is 1. The van der Waals surface area contributed by atoms with Crippen LogP contribution in [0.2, 0.25) is 0 Å². The van der Waals surface area contributed by atoms with Gasteiger partial charge in [0.05, 0.1) is 0 Å². The van der Waals surface area contributed by atoms with Gasteiger partial charge in [0.15, 0.2) is 0 Å². The van der Waals surface area contributed by atoms with E-state index in [1.807, 2.05) is 24.0 Å². The third-order valence-corrected chi connectivity index (χ3v) is 4.80. The number of hydrogen-bond donors (Lipinski definition) is 1. The average Bonchev–Trinajstić information content (AvgIpc) is 2.72. The van der Waals surface area contributed by atoms with Crippen LogP contribution in [0.15, 0.2) is 18.3 Å². The first-order valence-electron chi connectivity index (χ1n) is 7.90. The van der Waals surface area contributed by atoms with Crippen LogP contribution >= 0.6 is 0 Å². The van der Waals surface area contributed by atoms with Gasteiger partial charge in [0.1, 0.15) is 5.69 Å². The molecule has 1 amide bonds. The van der Waals surface area contributed by atoms with Crippen molar-refractivity contribution in [3.05, 3.63) is 24.0 Å². The van der Waals surface area contributed by atoms with Gasteiger partial charge in [-0.05, 0) is 45.4 Å². The zero-order chi connectivity index (χ0) is 14.8. The molecular weight excluding hydrogens is 264 g/mol. The molecule has 1 aromatic rings. The summed E-state index contributed by atoms with van der Waals surface area (Å²) in [6.45, 7) is 4.57. The molecule has 2 bridgehead atoms. The Kier molecular flexibility index (Phi) is 4.10.